The van der Waals surface area contributed by atoms with Gasteiger partial charge >= 0.3 is 0 Å². The van der Waals surface area contributed by atoms with E-state index in [-0.39, 0.29) is 5.57 Å². The fraction of sp³-hybridized carbons (Fsp3) is 0.400. The molecule has 0 bridgehead atoms. The monoisotopic (exact) mass is 119 g/mol. The molecule has 0 radical (unpaired) electrons. The van der Waals surface area contributed by atoms with Gasteiger partial charge in [0.25, 0.3) is 0 Å². The molecule has 46 valence electrons. The van der Waals surface area contributed by atoms with Gasteiger partial charge in [-0.25, -0.2) is 4.39 Å². The van der Waals surface area contributed by atoms with E-state index in [0.29, 0.717) is 0 Å². The molecule has 0 atom stereocenters. The van der Waals surface area contributed by atoms with Crippen LogP contribution in [0.15, 0.2) is 11.4 Å². The molecule has 0 aromatic rings. The average molecular weight is 119 g/mol. The van der Waals surface area contributed by atoms with E-state index in [4.69, 9.17) is 5.41 Å². The van der Waals surface area contributed by atoms with Crippen LogP contribution in [0.2, 0.25) is 0 Å². The van der Waals surface area contributed by atoms with Gasteiger partial charge in [0.1, 0.15) is 0 Å². The minimum Gasteiger partial charge on any atom is -0.272 e. The molecule has 0 rings (SSSR count). The molecule has 0 amide bonds. The fourth-order valence-corrected chi connectivity index (χ4v) is 0.219. The van der Waals surface area contributed by atoms with E-state index in [2.05, 4.69) is 0 Å². The van der Waals surface area contributed by atoms with Crippen LogP contribution in [0.5, 0.6) is 0 Å². The lowest BCUT2D eigenvalue weighted by Crippen LogP contribution is -1.87. The Morgan fingerprint density at radius 1 is 1.25 bits per heavy atom. The molecule has 0 aliphatic carbocycles. The summed E-state index contributed by atoms with van der Waals surface area (Å²) in [7, 11) is 0. The zero-order valence-corrected chi connectivity index (χ0v) is 4.76. The Balaban J connectivity index is 4.23. The molecular weight excluding hydrogens is 112 g/mol. The molecule has 0 aromatic heterocycles. The van der Waals surface area contributed by atoms with Crippen molar-refractivity contribution in [3.05, 3.63) is 11.4 Å². The molecule has 0 aliphatic rings. The first-order valence-electron chi connectivity index (χ1n) is 2.13. The van der Waals surface area contributed by atoms with E-state index in [9.17, 15) is 8.78 Å². The highest BCUT2D eigenvalue weighted by Gasteiger charge is 2.01. The Labute approximate surface area is 46.5 Å². The third-order valence-electron chi connectivity index (χ3n) is 0.632. The van der Waals surface area contributed by atoms with E-state index in [1.165, 1.54) is 13.8 Å². The summed E-state index contributed by atoms with van der Waals surface area (Å²) in [6.45, 7) is 2.81. The van der Waals surface area contributed by atoms with Crippen molar-refractivity contribution in [2.45, 2.75) is 13.8 Å². The van der Waals surface area contributed by atoms with Gasteiger partial charge in [-0.2, -0.15) is 4.39 Å². The maximum absolute atomic E-state index is 11.9. The van der Waals surface area contributed by atoms with Crippen molar-refractivity contribution >= 4 is 5.97 Å². The summed E-state index contributed by atoms with van der Waals surface area (Å²) in [4.78, 5) is 0. The lowest BCUT2D eigenvalue weighted by molar-refractivity contribution is 0.626. The SMILES string of the molecule is CC(C)=C(F)C(=N)F. The molecule has 0 spiro atoms. The standard InChI is InChI=1S/C5H7F2N/c1-3(2)4(6)5(7)8/h8H,1-2H3. The van der Waals surface area contributed by atoms with Crippen LogP contribution in [0, 0.1) is 5.41 Å². The summed E-state index contributed by atoms with van der Waals surface area (Å²) >= 11 is 0. The van der Waals surface area contributed by atoms with Crippen molar-refractivity contribution < 1.29 is 8.78 Å². The Bertz CT molecular complexity index is 133. The molecule has 0 saturated heterocycles. The van der Waals surface area contributed by atoms with Gasteiger partial charge in [0.2, 0.25) is 5.97 Å². The third kappa shape index (κ3) is 1.82. The highest BCUT2D eigenvalue weighted by molar-refractivity contribution is 5.88. The van der Waals surface area contributed by atoms with Crippen LogP contribution in [-0.2, 0) is 0 Å². The molecule has 0 fully saturated rings. The molecule has 0 heterocycles. The largest absolute Gasteiger partial charge is 0.272 e. The van der Waals surface area contributed by atoms with Crippen LogP contribution >= 0.6 is 0 Å². The summed E-state index contributed by atoms with van der Waals surface area (Å²) in [6, 6.07) is 0. The second-order valence-corrected chi connectivity index (χ2v) is 1.63. The van der Waals surface area contributed by atoms with Crippen LogP contribution in [-0.4, -0.2) is 5.97 Å². The van der Waals surface area contributed by atoms with Gasteiger partial charge in [0.05, 0.1) is 0 Å². The van der Waals surface area contributed by atoms with Crippen LogP contribution < -0.4 is 0 Å². The van der Waals surface area contributed by atoms with E-state index in [1.54, 1.807) is 0 Å². The van der Waals surface area contributed by atoms with Gasteiger partial charge in [0, 0.05) is 0 Å². The number of nitrogens with one attached hydrogen (secondary N) is 1. The molecule has 8 heavy (non-hydrogen) atoms. The summed E-state index contributed by atoms with van der Waals surface area (Å²) in [6.07, 6.45) is 0. The van der Waals surface area contributed by atoms with Gasteiger partial charge in [0.15, 0.2) is 5.83 Å². The van der Waals surface area contributed by atoms with Crippen molar-refractivity contribution in [1.29, 1.82) is 5.41 Å². The van der Waals surface area contributed by atoms with Gasteiger partial charge in [-0.1, -0.05) is 0 Å². The average Bonchev–Trinajstić information content (AvgIpc) is 1.64. The first-order valence-corrected chi connectivity index (χ1v) is 2.13. The quantitative estimate of drug-likeness (QED) is 0.511. The lowest BCUT2D eigenvalue weighted by atomic mass is 10.3. The molecule has 0 aliphatic heterocycles. The Hall–Kier alpha value is -0.730. The number of rotatable bonds is 1. The van der Waals surface area contributed by atoms with E-state index in [1.807, 2.05) is 0 Å². The Kier molecular flexibility index (Phi) is 2.31. The summed E-state index contributed by atoms with van der Waals surface area (Å²) < 4.78 is 23.4. The van der Waals surface area contributed by atoms with Crippen molar-refractivity contribution in [3.63, 3.8) is 0 Å². The second-order valence-electron chi connectivity index (χ2n) is 1.63. The second kappa shape index (κ2) is 2.55. The highest BCUT2D eigenvalue weighted by Crippen LogP contribution is 2.05. The van der Waals surface area contributed by atoms with Crippen molar-refractivity contribution in [3.8, 4) is 0 Å². The highest BCUT2D eigenvalue weighted by atomic mass is 19.2. The molecular formula is C5H7F2N. The van der Waals surface area contributed by atoms with Gasteiger partial charge in [-0.15, -0.1) is 0 Å². The first-order chi connectivity index (χ1) is 3.55. The summed E-state index contributed by atoms with van der Waals surface area (Å²) in [5.41, 5.74) is 0.192. The van der Waals surface area contributed by atoms with Crippen molar-refractivity contribution in [1.82, 2.24) is 0 Å². The number of hydrogen-bond acceptors (Lipinski definition) is 1. The smallest absolute Gasteiger partial charge is 0.241 e. The van der Waals surface area contributed by atoms with Gasteiger partial charge in [-0.05, 0) is 19.4 Å². The Morgan fingerprint density at radius 3 is 1.62 bits per heavy atom. The molecule has 1 nitrogen and oxygen atoms in total. The van der Waals surface area contributed by atoms with Crippen LogP contribution in [0.4, 0.5) is 8.78 Å². The van der Waals surface area contributed by atoms with Crippen LogP contribution in [0.25, 0.3) is 0 Å². The zero-order valence-electron chi connectivity index (χ0n) is 4.76. The molecule has 3 heteroatoms. The molecule has 0 unspecified atom stereocenters. The minimum absolute atomic E-state index is 0.192. The number of hydrogen-bond donors (Lipinski definition) is 1. The number of allylic oxidation sites excluding steroid dienone is 2. The predicted molar refractivity (Wildman–Crippen MR) is 28.3 cm³/mol. The maximum Gasteiger partial charge on any atom is 0.241 e. The Morgan fingerprint density at radius 2 is 1.62 bits per heavy atom. The lowest BCUT2D eigenvalue weighted by Gasteiger charge is -1.88. The minimum atomic E-state index is -1.50. The normalized spacial score (nSPS) is 8.50. The summed E-state index contributed by atoms with van der Waals surface area (Å²) in [5.74, 6) is -2.56. The zero-order chi connectivity index (χ0) is 6.73. The molecule has 0 saturated carbocycles. The van der Waals surface area contributed by atoms with E-state index < -0.39 is 11.8 Å². The van der Waals surface area contributed by atoms with Gasteiger partial charge in [-0.3, -0.25) is 5.41 Å². The fourth-order valence-electron chi connectivity index (χ4n) is 0.219. The number of halogens is 2. The summed E-state index contributed by atoms with van der Waals surface area (Å²) in [5, 5.41) is 6.13. The topological polar surface area (TPSA) is 23.9 Å². The van der Waals surface area contributed by atoms with E-state index >= 15 is 0 Å². The maximum atomic E-state index is 11.9. The van der Waals surface area contributed by atoms with Crippen LogP contribution in [0.3, 0.4) is 0 Å². The van der Waals surface area contributed by atoms with Gasteiger partial charge < -0.3 is 0 Å². The molecule has 1 N–H and O–H groups in total. The molecule has 0 aromatic carbocycles. The van der Waals surface area contributed by atoms with Crippen LogP contribution in [0.1, 0.15) is 13.8 Å². The van der Waals surface area contributed by atoms with Crippen molar-refractivity contribution in [2.75, 3.05) is 0 Å². The first kappa shape index (κ1) is 7.27. The van der Waals surface area contributed by atoms with Crippen molar-refractivity contribution in [2.24, 2.45) is 0 Å². The predicted octanol–water partition coefficient (Wildman–Crippen LogP) is 2.20. The van der Waals surface area contributed by atoms with E-state index in [0.717, 1.165) is 0 Å². The third-order valence-corrected chi connectivity index (χ3v) is 0.632.